The summed E-state index contributed by atoms with van der Waals surface area (Å²) >= 11 is 6.07. The molecule has 3 heterocycles. The zero-order valence-corrected chi connectivity index (χ0v) is 24.2. The molecule has 6 N–H and O–H groups in total. The second kappa shape index (κ2) is 13.5. The van der Waals surface area contributed by atoms with Crippen molar-refractivity contribution in [2.75, 3.05) is 53.6 Å². The van der Waals surface area contributed by atoms with Gasteiger partial charge in [0, 0.05) is 37.7 Å². The maximum atomic E-state index is 11.0. The number of hydrogen-bond donors (Lipinski definition) is 5. The highest BCUT2D eigenvalue weighted by molar-refractivity contribution is 6.30. The molecule has 40 heavy (non-hydrogen) atoms. The normalized spacial score (nSPS) is 31.4. The summed E-state index contributed by atoms with van der Waals surface area (Å²) in [5.41, 5.74) is 8.81. The molecule has 3 fully saturated rings. The molecule has 7 atom stereocenters. The van der Waals surface area contributed by atoms with Crippen molar-refractivity contribution in [1.29, 1.82) is 0 Å². The predicted octanol–water partition coefficient (Wildman–Crippen LogP) is 0.0979. The summed E-state index contributed by atoms with van der Waals surface area (Å²) in [5, 5.41) is 29.4. The van der Waals surface area contributed by atoms with Gasteiger partial charge < -0.3 is 25.6 Å². The zero-order valence-electron chi connectivity index (χ0n) is 23.4. The maximum Gasteiger partial charge on any atom is 0.142 e. The van der Waals surface area contributed by atoms with Crippen LogP contribution in [0.1, 0.15) is 11.1 Å². The molecule has 0 aliphatic carbocycles. The lowest BCUT2D eigenvalue weighted by Crippen LogP contribution is -2.68. The number of benzene rings is 2. The Morgan fingerprint density at radius 1 is 0.975 bits per heavy atom. The van der Waals surface area contributed by atoms with Crippen molar-refractivity contribution < 1.29 is 14.9 Å². The highest BCUT2D eigenvalue weighted by atomic mass is 35.5. The van der Waals surface area contributed by atoms with Gasteiger partial charge in [-0.25, -0.2) is 4.90 Å². The Kier molecular flexibility index (Phi) is 10.1. The molecule has 3 saturated heterocycles. The molecule has 0 bridgehead atoms. The number of nitrogens with zero attached hydrogens (tertiary/aromatic N) is 4. The van der Waals surface area contributed by atoms with E-state index in [9.17, 15) is 10.2 Å². The first-order valence-corrected chi connectivity index (χ1v) is 14.6. The summed E-state index contributed by atoms with van der Waals surface area (Å²) in [4.78, 5) is 8.87. The van der Waals surface area contributed by atoms with E-state index in [1.54, 1.807) is 0 Å². The van der Waals surface area contributed by atoms with Crippen LogP contribution in [0.5, 0.6) is 0 Å². The zero-order chi connectivity index (χ0) is 28.2. The van der Waals surface area contributed by atoms with Crippen molar-refractivity contribution in [3.05, 3.63) is 70.7 Å². The number of nitrogens with two attached hydrogens (primary N) is 1. The van der Waals surface area contributed by atoms with Crippen LogP contribution in [0, 0.1) is 0 Å². The van der Waals surface area contributed by atoms with Crippen LogP contribution < -0.4 is 16.4 Å². The smallest absolute Gasteiger partial charge is 0.142 e. The molecular weight excluding hydrogens is 530 g/mol. The molecule has 3 aliphatic heterocycles. The molecule has 3 aliphatic rings. The molecule has 220 valence electrons. The molecule has 5 rings (SSSR count). The summed E-state index contributed by atoms with van der Waals surface area (Å²) in [5.74, 6) is 0. The third kappa shape index (κ3) is 7.03. The first-order chi connectivity index (χ1) is 19.3. The fraction of sp³-hybridized carbons (Fsp3) is 0.586. The quantitative estimate of drug-likeness (QED) is 0.254. The van der Waals surface area contributed by atoms with E-state index in [1.165, 1.54) is 11.1 Å². The monoisotopic (exact) mass is 573 g/mol. The molecule has 0 radical (unpaired) electrons. The van der Waals surface area contributed by atoms with Crippen LogP contribution in [0.4, 0.5) is 0 Å². The molecule has 2 aromatic carbocycles. The molecule has 10 nitrogen and oxygen atoms in total. The van der Waals surface area contributed by atoms with E-state index >= 15 is 0 Å². The molecular formula is C29H44ClN7O3. The van der Waals surface area contributed by atoms with Crippen LogP contribution in [0.2, 0.25) is 5.02 Å². The SMILES string of the molecule is CN(CCN(CCc1ccc(Cl)cc1)Cc1ccccc1)C[C@H]1O[C@@H](N2CNC3C(N)NCN(C)C32)[C@H](O)[C@@H]1O. The van der Waals surface area contributed by atoms with Crippen molar-refractivity contribution in [2.45, 2.75) is 55.9 Å². The largest absolute Gasteiger partial charge is 0.387 e. The van der Waals surface area contributed by atoms with Crippen LogP contribution >= 0.6 is 11.6 Å². The fourth-order valence-corrected chi connectivity index (χ4v) is 6.21. The van der Waals surface area contributed by atoms with E-state index in [0.717, 1.165) is 37.6 Å². The maximum absolute atomic E-state index is 11.0. The van der Waals surface area contributed by atoms with Crippen LogP contribution in [-0.2, 0) is 17.7 Å². The fourth-order valence-electron chi connectivity index (χ4n) is 6.08. The van der Waals surface area contributed by atoms with E-state index in [0.29, 0.717) is 19.9 Å². The number of nitrogens with one attached hydrogen (secondary N) is 2. The molecule has 0 aromatic heterocycles. The number of hydrogen-bond acceptors (Lipinski definition) is 10. The Morgan fingerprint density at radius 3 is 2.48 bits per heavy atom. The van der Waals surface area contributed by atoms with Gasteiger partial charge >= 0.3 is 0 Å². The van der Waals surface area contributed by atoms with Gasteiger partial charge in [-0.1, -0.05) is 54.1 Å². The Bertz CT molecular complexity index is 1070. The van der Waals surface area contributed by atoms with Crippen molar-refractivity contribution in [3.8, 4) is 0 Å². The van der Waals surface area contributed by atoms with Crippen molar-refractivity contribution in [1.82, 2.24) is 30.2 Å². The summed E-state index contributed by atoms with van der Waals surface area (Å²) in [6, 6.07) is 18.6. The first-order valence-electron chi connectivity index (χ1n) is 14.2. The number of fused-ring (bicyclic) bond motifs is 1. The lowest BCUT2D eigenvalue weighted by Gasteiger charge is -2.43. The molecule has 0 spiro atoms. The van der Waals surface area contributed by atoms with Crippen molar-refractivity contribution >= 4 is 11.6 Å². The Hall–Kier alpha value is -1.67. The summed E-state index contributed by atoms with van der Waals surface area (Å²) < 4.78 is 6.32. The van der Waals surface area contributed by atoms with E-state index in [1.807, 2.05) is 32.3 Å². The highest BCUT2D eigenvalue weighted by Gasteiger charge is 2.52. The van der Waals surface area contributed by atoms with Crippen LogP contribution in [0.3, 0.4) is 0 Å². The topological polar surface area (TPSA) is 113 Å². The third-order valence-electron chi connectivity index (χ3n) is 8.42. The van der Waals surface area contributed by atoms with Crippen LogP contribution in [0.15, 0.2) is 54.6 Å². The minimum atomic E-state index is -0.993. The lowest BCUT2D eigenvalue weighted by atomic mass is 10.1. The van der Waals surface area contributed by atoms with E-state index < -0.39 is 24.5 Å². The van der Waals surface area contributed by atoms with Gasteiger partial charge in [0.05, 0.1) is 31.7 Å². The van der Waals surface area contributed by atoms with Gasteiger partial charge in [-0.2, -0.15) is 0 Å². The minimum absolute atomic E-state index is 0.0110. The number of aliphatic hydroxyl groups excluding tert-OH is 2. The highest BCUT2D eigenvalue weighted by Crippen LogP contribution is 2.30. The van der Waals surface area contributed by atoms with E-state index in [2.05, 4.69) is 66.6 Å². The Balaban J connectivity index is 1.16. The van der Waals surface area contributed by atoms with Gasteiger partial charge in [0.15, 0.2) is 0 Å². The molecule has 0 amide bonds. The first kappa shape index (κ1) is 29.8. The van der Waals surface area contributed by atoms with Crippen molar-refractivity contribution in [3.63, 3.8) is 0 Å². The predicted molar refractivity (Wildman–Crippen MR) is 156 cm³/mol. The Morgan fingerprint density at radius 2 is 1.73 bits per heavy atom. The minimum Gasteiger partial charge on any atom is -0.387 e. The number of rotatable bonds is 11. The molecule has 3 unspecified atom stereocenters. The van der Waals surface area contributed by atoms with Crippen molar-refractivity contribution in [2.24, 2.45) is 5.73 Å². The standard InChI is InChI=1S/C29H44ClN7O3/c1-34(14-15-36(16-21-6-4-3-5-7-21)13-12-20-8-10-22(30)11-9-20)17-23-25(38)26(39)29(40-23)37-19-32-24-27(31)33-18-35(2)28(24)37/h3-11,23-29,32-33,38-39H,12-19,31H2,1-2H3/t23-,24?,25-,26-,27?,28?,29-/m1/s1. The average molecular weight is 574 g/mol. The van der Waals surface area contributed by atoms with Crippen LogP contribution in [-0.4, -0.2) is 126 Å². The number of halogens is 1. The number of likely N-dealkylation sites (N-methyl/N-ethyl adjacent to an activating group) is 2. The van der Waals surface area contributed by atoms with Gasteiger partial charge in [-0.3, -0.25) is 20.4 Å². The van der Waals surface area contributed by atoms with Gasteiger partial charge in [-0.15, -0.1) is 0 Å². The lowest BCUT2D eigenvalue weighted by molar-refractivity contribution is -0.126. The average Bonchev–Trinajstić information content (AvgIpc) is 3.52. The third-order valence-corrected chi connectivity index (χ3v) is 8.67. The summed E-state index contributed by atoms with van der Waals surface area (Å²) in [6.45, 7) is 5.16. The second-order valence-electron chi connectivity index (χ2n) is 11.4. The molecule has 2 aromatic rings. The van der Waals surface area contributed by atoms with Gasteiger partial charge in [0.1, 0.15) is 24.5 Å². The van der Waals surface area contributed by atoms with E-state index in [-0.39, 0.29) is 18.4 Å². The van der Waals surface area contributed by atoms with Crippen LogP contribution in [0.25, 0.3) is 0 Å². The van der Waals surface area contributed by atoms with E-state index in [4.69, 9.17) is 22.1 Å². The van der Waals surface area contributed by atoms with Gasteiger partial charge in [0.25, 0.3) is 0 Å². The van der Waals surface area contributed by atoms with Gasteiger partial charge in [0.2, 0.25) is 0 Å². The Labute approximate surface area is 242 Å². The summed E-state index contributed by atoms with van der Waals surface area (Å²) in [7, 11) is 4.07. The number of ether oxygens (including phenoxy) is 1. The van der Waals surface area contributed by atoms with Gasteiger partial charge in [-0.05, 0) is 43.8 Å². The molecule has 0 saturated carbocycles. The second-order valence-corrected chi connectivity index (χ2v) is 11.8. The number of aliphatic hydroxyl groups is 2. The molecule has 11 heteroatoms. The summed E-state index contributed by atoms with van der Waals surface area (Å²) in [6.07, 6.45) is -2.31.